The van der Waals surface area contributed by atoms with Crippen molar-refractivity contribution in [1.29, 1.82) is 0 Å². The van der Waals surface area contributed by atoms with Gasteiger partial charge in [0.1, 0.15) is 0 Å². The SMILES string of the molecule is O=C1c2ccsc2SCc2ccsc21. The summed E-state index contributed by atoms with van der Waals surface area (Å²) in [5.74, 6) is 1.13. The van der Waals surface area contributed by atoms with Crippen molar-refractivity contribution >= 4 is 40.2 Å². The first-order valence-electron chi connectivity index (χ1n) is 4.17. The number of carbonyl (C=O) groups excluding carboxylic acids is 1. The predicted octanol–water partition coefficient (Wildman–Crippen LogP) is 3.65. The summed E-state index contributed by atoms with van der Waals surface area (Å²) in [5, 5.41) is 3.99. The van der Waals surface area contributed by atoms with Gasteiger partial charge in [-0.3, -0.25) is 4.79 Å². The molecule has 0 saturated carbocycles. The summed E-state index contributed by atoms with van der Waals surface area (Å²) in [6, 6.07) is 3.99. The van der Waals surface area contributed by atoms with E-state index in [4.69, 9.17) is 0 Å². The smallest absolute Gasteiger partial charge is 0.205 e. The molecule has 2 aromatic rings. The Hall–Kier alpha value is -0.580. The van der Waals surface area contributed by atoms with Gasteiger partial charge in [-0.05, 0) is 28.5 Å². The minimum absolute atomic E-state index is 0.205. The molecule has 0 aromatic carbocycles. The normalized spacial score (nSPS) is 14.7. The molecule has 3 rings (SSSR count). The van der Waals surface area contributed by atoms with Gasteiger partial charge in [0.15, 0.2) is 0 Å². The first-order chi connectivity index (χ1) is 6.86. The molecule has 70 valence electrons. The van der Waals surface area contributed by atoms with Crippen LogP contribution in [0.25, 0.3) is 0 Å². The van der Waals surface area contributed by atoms with Gasteiger partial charge in [-0.15, -0.1) is 34.4 Å². The number of carbonyl (C=O) groups is 1. The fourth-order valence-corrected chi connectivity index (χ4v) is 4.53. The fourth-order valence-electron chi connectivity index (χ4n) is 1.49. The number of hydrogen-bond acceptors (Lipinski definition) is 4. The third-order valence-electron chi connectivity index (χ3n) is 2.19. The predicted molar refractivity (Wildman–Crippen MR) is 61.6 cm³/mol. The van der Waals surface area contributed by atoms with Crippen molar-refractivity contribution in [1.82, 2.24) is 0 Å². The molecule has 1 aliphatic rings. The van der Waals surface area contributed by atoms with Crippen molar-refractivity contribution in [3.05, 3.63) is 38.9 Å². The Morgan fingerprint density at radius 3 is 2.93 bits per heavy atom. The van der Waals surface area contributed by atoms with Crippen LogP contribution >= 0.6 is 34.4 Å². The van der Waals surface area contributed by atoms with Crippen LogP contribution in [-0.4, -0.2) is 5.78 Å². The zero-order valence-electron chi connectivity index (χ0n) is 7.15. The van der Waals surface area contributed by atoms with Crippen LogP contribution in [0.5, 0.6) is 0 Å². The monoisotopic (exact) mass is 238 g/mol. The van der Waals surface area contributed by atoms with Crippen LogP contribution in [-0.2, 0) is 5.75 Å². The quantitative estimate of drug-likeness (QED) is 0.697. The van der Waals surface area contributed by atoms with Crippen molar-refractivity contribution in [3.8, 4) is 0 Å². The van der Waals surface area contributed by atoms with Crippen molar-refractivity contribution in [2.45, 2.75) is 9.96 Å². The molecular formula is C10H6OS3. The maximum Gasteiger partial charge on any atom is 0.205 e. The molecule has 0 N–H and O–H groups in total. The highest BCUT2D eigenvalue weighted by atomic mass is 32.2. The molecule has 0 saturated heterocycles. The van der Waals surface area contributed by atoms with E-state index in [0.717, 1.165) is 16.2 Å². The second-order valence-corrected chi connectivity index (χ2v) is 6.09. The third-order valence-corrected chi connectivity index (χ3v) is 5.43. The van der Waals surface area contributed by atoms with Gasteiger partial charge in [-0.1, -0.05) is 0 Å². The van der Waals surface area contributed by atoms with Crippen LogP contribution in [0.15, 0.2) is 27.1 Å². The molecule has 2 aromatic heterocycles. The van der Waals surface area contributed by atoms with Crippen LogP contribution < -0.4 is 0 Å². The molecule has 0 unspecified atom stereocenters. The van der Waals surface area contributed by atoms with Gasteiger partial charge in [-0.25, -0.2) is 0 Å². The zero-order valence-corrected chi connectivity index (χ0v) is 9.60. The number of ketones is 1. The van der Waals surface area contributed by atoms with Gasteiger partial charge in [0, 0.05) is 11.3 Å². The molecule has 0 atom stereocenters. The summed E-state index contributed by atoms with van der Waals surface area (Å²) < 4.78 is 1.17. The zero-order chi connectivity index (χ0) is 9.54. The van der Waals surface area contributed by atoms with E-state index in [1.165, 1.54) is 9.77 Å². The number of hydrogen-bond donors (Lipinski definition) is 0. The molecular weight excluding hydrogens is 232 g/mol. The lowest BCUT2D eigenvalue weighted by Crippen LogP contribution is -1.97. The molecule has 1 aliphatic heterocycles. The van der Waals surface area contributed by atoms with Crippen molar-refractivity contribution in [2.24, 2.45) is 0 Å². The van der Waals surface area contributed by atoms with E-state index in [0.29, 0.717) is 0 Å². The Labute approximate surface area is 93.8 Å². The van der Waals surface area contributed by atoms with Crippen molar-refractivity contribution in [3.63, 3.8) is 0 Å². The lowest BCUT2D eigenvalue weighted by Gasteiger charge is -1.93. The molecule has 0 aliphatic carbocycles. The van der Waals surface area contributed by atoms with Crippen molar-refractivity contribution < 1.29 is 4.79 Å². The molecule has 1 nitrogen and oxygen atoms in total. The largest absolute Gasteiger partial charge is 0.288 e. The van der Waals surface area contributed by atoms with Crippen LogP contribution in [0.4, 0.5) is 0 Å². The van der Waals surface area contributed by atoms with E-state index < -0.39 is 0 Å². The summed E-state index contributed by atoms with van der Waals surface area (Å²) in [6.45, 7) is 0. The third kappa shape index (κ3) is 1.18. The molecule has 14 heavy (non-hydrogen) atoms. The van der Waals surface area contributed by atoms with Gasteiger partial charge >= 0.3 is 0 Å². The lowest BCUT2D eigenvalue weighted by molar-refractivity contribution is 0.104. The van der Waals surface area contributed by atoms with E-state index in [1.807, 2.05) is 16.8 Å². The summed E-state index contributed by atoms with van der Waals surface area (Å²) in [4.78, 5) is 13.0. The molecule has 0 radical (unpaired) electrons. The summed E-state index contributed by atoms with van der Waals surface area (Å²) in [7, 11) is 0. The Kier molecular flexibility index (Phi) is 2.00. The van der Waals surface area contributed by atoms with E-state index in [-0.39, 0.29) is 5.78 Å². The Balaban J connectivity index is 2.22. The molecule has 0 fully saturated rings. The van der Waals surface area contributed by atoms with Gasteiger partial charge in [-0.2, -0.15) is 0 Å². The topological polar surface area (TPSA) is 17.1 Å². The molecule has 0 amide bonds. The average molecular weight is 238 g/mol. The van der Waals surface area contributed by atoms with Crippen LogP contribution in [0.2, 0.25) is 0 Å². The molecule has 0 bridgehead atoms. The average Bonchev–Trinajstić information content (AvgIpc) is 2.81. The summed E-state index contributed by atoms with van der Waals surface area (Å²) in [6.07, 6.45) is 0. The number of thiophene rings is 2. The molecule has 4 heteroatoms. The fraction of sp³-hybridized carbons (Fsp3) is 0.100. The first kappa shape index (κ1) is 8.71. The maximum absolute atomic E-state index is 12.1. The Morgan fingerprint density at radius 2 is 2.00 bits per heavy atom. The summed E-state index contributed by atoms with van der Waals surface area (Å²) >= 11 is 4.99. The highest BCUT2D eigenvalue weighted by molar-refractivity contribution is 8.00. The summed E-state index contributed by atoms with van der Waals surface area (Å²) in [5.41, 5.74) is 2.08. The van der Waals surface area contributed by atoms with Crippen molar-refractivity contribution in [2.75, 3.05) is 0 Å². The number of thioether (sulfide) groups is 1. The van der Waals surface area contributed by atoms with E-state index in [1.54, 1.807) is 34.4 Å². The number of rotatable bonds is 0. The Bertz CT molecular complexity index is 451. The van der Waals surface area contributed by atoms with Gasteiger partial charge < -0.3 is 0 Å². The van der Waals surface area contributed by atoms with E-state index in [2.05, 4.69) is 6.07 Å². The van der Waals surface area contributed by atoms with E-state index >= 15 is 0 Å². The van der Waals surface area contributed by atoms with E-state index in [9.17, 15) is 4.79 Å². The lowest BCUT2D eigenvalue weighted by atomic mass is 10.1. The maximum atomic E-state index is 12.1. The van der Waals surface area contributed by atoms with Gasteiger partial charge in [0.05, 0.1) is 9.09 Å². The minimum Gasteiger partial charge on any atom is -0.288 e. The number of fused-ring (bicyclic) bond motifs is 2. The second-order valence-electron chi connectivity index (χ2n) is 3.01. The second kappa shape index (κ2) is 3.22. The molecule has 3 heterocycles. The van der Waals surface area contributed by atoms with Gasteiger partial charge in [0.2, 0.25) is 5.78 Å². The Morgan fingerprint density at radius 1 is 1.14 bits per heavy atom. The van der Waals surface area contributed by atoms with Crippen LogP contribution in [0, 0.1) is 0 Å². The molecule has 0 spiro atoms. The minimum atomic E-state index is 0.205. The first-order valence-corrected chi connectivity index (χ1v) is 6.92. The highest BCUT2D eigenvalue weighted by Crippen LogP contribution is 2.38. The highest BCUT2D eigenvalue weighted by Gasteiger charge is 2.23. The standard InChI is InChI=1S/C10H6OS3/c11-8-7-2-4-13-10(7)14-5-6-1-3-12-9(6)8/h1-4H,5H2. The van der Waals surface area contributed by atoms with Crippen LogP contribution in [0.3, 0.4) is 0 Å². The van der Waals surface area contributed by atoms with Crippen LogP contribution in [0.1, 0.15) is 20.8 Å². The van der Waals surface area contributed by atoms with Gasteiger partial charge in [0.25, 0.3) is 0 Å².